The Morgan fingerprint density at radius 1 is 0.756 bits per heavy atom. The van der Waals surface area contributed by atoms with Gasteiger partial charge in [-0.05, 0) is 38.1 Å². The molecule has 19 heteroatoms. The van der Waals surface area contributed by atoms with Gasteiger partial charge in [0.1, 0.15) is 23.0 Å². The molecular formula is C26H24F6N4O9. The molecule has 0 bridgehead atoms. The number of carbonyl (C=O) groups excluding carboxylic acids is 4. The second-order valence-corrected chi connectivity index (χ2v) is 10.2. The molecule has 244 valence electrons. The number of morpholine rings is 2. The topological polar surface area (TPSA) is 169 Å². The first kappa shape index (κ1) is 33.7. The number of carbonyl (C=O) groups is 4. The van der Waals surface area contributed by atoms with Crippen LogP contribution in [0.5, 0.6) is 0 Å². The Kier molecular flexibility index (Phi) is 8.95. The molecule has 0 saturated carbocycles. The first-order chi connectivity index (χ1) is 20.8. The van der Waals surface area contributed by atoms with Gasteiger partial charge in [0.25, 0.3) is 11.8 Å². The number of halogens is 6. The summed E-state index contributed by atoms with van der Waals surface area (Å²) in [6, 6.07) is 5.43. The van der Waals surface area contributed by atoms with Crippen LogP contribution in [-0.2, 0) is 45.7 Å². The zero-order valence-corrected chi connectivity index (χ0v) is 23.3. The minimum atomic E-state index is -4.85. The number of amides is 2. The highest BCUT2D eigenvalue weighted by molar-refractivity contribution is 6.05. The summed E-state index contributed by atoms with van der Waals surface area (Å²) < 4.78 is 93.7. The van der Waals surface area contributed by atoms with Crippen LogP contribution in [0.1, 0.15) is 25.2 Å². The maximum absolute atomic E-state index is 13.1. The zero-order chi connectivity index (χ0) is 33.5. The molecule has 2 N–H and O–H groups in total. The van der Waals surface area contributed by atoms with E-state index in [2.05, 4.69) is 14.7 Å². The van der Waals surface area contributed by atoms with Gasteiger partial charge in [0.05, 0.1) is 26.3 Å². The summed E-state index contributed by atoms with van der Waals surface area (Å²) in [6.45, 7) is -0.0272. The number of aliphatic hydroxyl groups is 2. The first-order valence-electron chi connectivity index (χ1n) is 12.9. The molecule has 2 aromatic rings. The molecule has 4 rings (SSSR count). The van der Waals surface area contributed by atoms with Crippen LogP contribution in [0.4, 0.5) is 38.0 Å². The van der Waals surface area contributed by atoms with Gasteiger partial charge in [0.15, 0.2) is 23.4 Å². The number of pyridine rings is 2. The molecule has 2 fully saturated rings. The van der Waals surface area contributed by atoms with Crippen molar-refractivity contribution in [2.45, 2.75) is 49.6 Å². The van der Waals surface area contributed by atoms with Crippen molar-refractivity contribution >= 4 is 35.4 Å². The van der Waals surface area contributed by atoms with E-state index < -0.39 is 95.8 Å². The van der Waals surface area contributed by atoms with Crippen LogP contribution in [0.25, 0.3) is 0 Å². The van der Waals surface area contributed by atoms with Gasteiger partial charge >= 0.3 is 24.3 Å². The number of ether oxygens (including phenoxy) is 3. The lowest BCUT2D eigenvalue weighted by Gasteiger charge is -2.39. The third-order valence-electron chi connectivity index (χ3n) is 6.82. The molecule has 4 heterocycles. The van der Waals surface area contributed by atoms with Gasteiger partial charge < -0.3 is 24.4 Å². The Morgan fingerprint density at radius 3 is 1.44 bits per heavy atom. The molecule has 13 nitrogen and oxygen atoms in total. The minimum Gasteiger partial charge on any atom is -0.389 e. The molecule has 0 spiro atoms. The third kappa shape index (κ3) is 6.75. The fraction of sp³-hybridized carbons (Fsp3) is 0.462. The fourth-order valence-electron chi connectivity index (χ4n) is 4.40. The van der Waals surface area contributed by atoms with E-state index in [0.29, 0.717) is 35.8 Å². The van der Waals surface area contributed by atoms with Crippen LogP contribution in [0.15, 0.2) is 36.4 Å². The highest BCUT2D eigenvalue weighted by Gasteiger charge is 2.55. The first-order valence-corrected chi connectivity index (χ1v) is 12.9. The van der Waals surface area contributed by atoms with E-state index >= 15 is 0 Å². The lowest BCUT2D eigenvalue weighted by atomic mass is 9.95. The lowest BCUT2D eigenvalue weighted by molar-refractivity contribution is -0.202. The SMILES string of the molecule is C[C@](O)(C(=O)OC(=O)[C@](C)(O)[C@H]1OCCN(c2cccc(C(F)(F)F)n2)C1=O)[C@H]1OCCN(c2cccc(C(F)(F)F)n2)C1=O. The Bertz CT molecular complexity index is 1390. The van der Waals surface area contributed by atoms with Crippen molar-refractivity contribution in [1.82, 2.24) is 9.97 Å². The van der Waals surface area contributed by atoms with Crippen LogP contribution in [0.2, 0.25) is 0 Å². The van der Waals surface area contributed by atoms with Gasteiger partial charge in [-0.15, -0.1) is 0 Å². The van der Waals surface area contributed by atoms with E-state index in [1.807, 2.05) is 0 Å². The van der Waals surface area contributed by atoms with Crippen LogP contribution >= 0.6 is 0 Å². The Morgan fingerprint density at radius 2 is 1.11 bits per heavy atom. The molecule has 0 radical (unpaired) electrons. The van der Waals surface area contributed by atoms with Crippen molar-refractivity contribution in [1.29, 1.82) is 0 Å². The molecular weight excluding hydrogens is 626 g/mol. The van der Waals surface area contributed by atoms with Crippen LogP contribution < -0.4 is 9.80 Å². The van der Waals surface area contributed by atoms with E-state index in [4.69, 9.17) is 9.47 Å². The van der Waals surface area contributed by atoms with Crippen molar-refractivity contribution in [2.75, 3.05) is 36.1 Å². The standard InChI is InChI=1S/C26H24F6N4O9/c1-23(41,17-19(37)35(9-11-43-17)15-7-3-5-13(33-15)25(27,28)29)21(39)45-22(40)24(2,42)18-20(38)36(10-12-44-18)16-8-4-6-14(34-16)26(30,31)32/h3-8,17-18,41-42H,9-12H2,1-2H3/t17-,18-,23+,24+/m0/s1. The number of hydrogen-bond acceptors (Lipinski definition) is 11. The quantitative estimate of drug-likeness (QED) is 0.262. The van der Waals surface area contributed by atoms with Crippen molar-refractivity contribution < 1.29 is 69.9 Å². The van der Waals surface area contributed by atoms with Crippen molar-refractivity contribution in [3.05, 3.63) is 47.8 Å². The summed E-state index contributed by atoms with van der Waals surface area (Å²) in [5, 5.41) is 21.8. The van der Waals surface area contributed by atoms with E-state index in [0.717, 1.165) is 24.3 Å². The maximum Gasteiger partial charge on any atom is 0.433 e. The highest BCUT2D eigenvalue weighted by atomic mass is 19.4. The number of nitrogens with zero attached hydrogens (tertiary/aromatic N) is 4. The Hall–Kier alpha value is -4.20. The van der Waals surface area contributed by atoms with Gasteiger partial charge in [0.2, 0.25) is 0 Å². The van der Waals surface area contributed by atoms with Crippen LogP contribution in [0.3, 0.4) is 0 Å². The molecule has 2 aliphatic rings. The molecule has 4 atom stereocenters. The molecule has 0 unspecified atom stereocenters. The van der Waals surface area contributed by atoms with E-state index in [9.17, 15) is 55.7 Å². The van der Waals surface area contributed by atoms with E-state index in [1.165, 1.54) is 0 Å². The predicted octanol–water partition coefficient (Wildman–Crippen LogP) is 1.25. The van der Waals surface area contributed by atoms with E-state index in [1.54, 1.807) is 0 Å². The van der Waals surface area contributed by atoms with Crippen LogP contribution in [-0.4, -0.2) is 93.6 Å². The zero-order valence-electron chi connectivity index (χ0n) is 23.3. The van der Waals surface area contributed by atoms with Gasteiger partial charge in [-0.3, -0.25) is 19.4 Å². The largest absolute Gasteiger partial charge is 0.433 e. The molecule has 0 aliphatic carbocycles. The summed E-state index contributed by atoms with van der Waals surface area (Å²) in [6.07, 6.45) is -13.9. The molecule has 2 saturated heterocycles. The number of esters is 2. The Labute approximate surface area is 249 Å². The van der Waals surface area contributed by atoms with Gasteiger partial charge in [-0.25, -0.2) is 19.6 Å². The molecule has 0 aromatic carbocycles. The second-order valence-electron chi connectivity index (χ2n) is 10.2. The van der Waals surface area contributed by atoms with Crippen molar-refractivity contribution in [2.24, 2.45) is 0 Å². The average Bonchev–Trinajstić information content (AvgIpc) is 2.96. The summed E-state index contributed by atoms with van der Waals surface area (Å²) in [4.78, 5) is 60.2. The van der Waals surface area contributed by atoms with Crippen molar-refractivity contribution in [3.63, 3.8) is 0 Å². The normalized spacial score (nSPS) is 22.4. The summed E-state index contributed by atoms with van der Waals surface area (Å²) in [5.41, 5.74) is -8.60. The van der Waals surface area contributed by atoms with E-state index in [-0.39, 0.29) is 13.1 Å². The summed E-state index contributed by atoms with van der Waals surface area (Å²) in [5.74, 6) is -7.10. The third-order valence-corrected chi connectivity index (χ3v) is 6.82. The van der Waals surface area contributed by atoms with Crippen molar-refractivity contribution in [3.8, 4) is 0 Å². The lowest BCUT2D eigenvalue weighted by Crippen LogP contribution is -2.63. The predicted molar refractivity (Wildman–Crippen MR) is 135 cm³/mol. The summed E-state index contributed by atoms with van der Waals surface area (Å²) >= 11 is 0. The Balaban J connectivity index is 1.49. The monoisotopic (exact) mass is 650 g/mol. The fourth-order valence-corrected chi connectivity index (χ4v) is 4.40. The highest BCUT2D eigenvalue weighted by Crippen LogP contribution is 2.32. The number of anilines is 2. The molecule has 2 aliphatic heterocycles. The number of alkyl halides is 6. The summed E-state index contributed by atoms with van der Waals surface area (Å²) in [7, 11) is 0. The average molecular weight is 650 g/mol. The van der Waals surface area contributed by atoms with Gasteiger partial charge in [-0.1, -0.05) is 12.1 Å². The van der Waals surface area contributed by atoms with Crippen LogP contribution in [0, 0.1) is 0 Å². The maximum atomic E-state index is 13.1. The molecule has 2 aromatic heterocycles. The number of aromatic nitrogens is 2. The number of hydrogen-bond donors (Lipinski definition) is 2. The number of rotatable bonds is 6. The molecule has 45 heavy (non-hydrogen) atoms. The van der Waals surface area contributed by atoms with Gasteiger partial charge in [0, 0.05) is 0 Å². The second kappa shape index (κ2) is 12.0. The van der Waals surface area contributed by atoms with Gasteiger partial charge in [-0.2, -0.15) is 26.3 Å². The smallest absolute Gasteiger partial charge is 0.389 e. The molecule has 2 amide bonds. The minimum absolute atomic E-state index is 0.319.